The number of piperidine rings is 1. The third-order valence-electron chi connectivity index (χ3n) is 4.69. The number of para-hydroxylation sites is 2. The van der Waals surface area contributed by atoms with E-state index in [1.807, 2.05) is 48.2 Å². The Labute approximate surface area is 165 Å². The van der Waals surface area contributed by atoms with Gasteiger partial charge in [0.05, 0.1) is 5.69 Å². The lowest BCUT2D eigenvalue weighted by molar-refractivity contribution is -0.131. The molecule has 6 heteroatoms. The zero-order chi connectivity index (χ0) is 19.8. The van der Waals surface area contributed by atoms with Crippen LogP contribution in [0.1, 0.15) is 31.2 Å². The molecule has 0 bridgehead atoms. The Bertz CT molecular complexity index is 816. The van der Waals surface area contributed by atoms with Gasteiger partial charge in [0.15, 0.2) is 5.75 Å². The van der Waals surface area contributed by atoms with Crippen LogP contribution in [0.3, 0.4) is 0 Å². The van der Waals surface area contributed by atoms with Crippen LogP contribution in [0.2, 0.25) is 0 Å². The summed E-state index contributed by atoms with van der Waals surface area (Å²) in [4.78, 5) is 26.3. The van der Waals surface area contributed by atoms with E-state index in [0.717, 1.165) is 31.5 Å². The first-order valence-electron chi connectivity index (χ1n) is 9.78. The van der Waals surface area contributed by atoms with Gasteiger partial charge in [0.1, 0.15) is 5.75 Å². The van der Waals surface area contributed by atoms with E-state index in [-0.39, 0.29) is 11.9 Å². The second-order valence-corrected chi connectivity index (χ2v) is 6.99. The maximum absolute atomic E-state index is 12.2. The average molecular weight is 381 g/mol. The number of hydrogen-bond acceptors (Lipinski definition) is 3. The average Bonchev–Trinajstić information content (AvgIpc) is 2.70. The summed E-state index contributed by atoms with van der Waals surface area (Å²) < 4.78 is 5.91. The standard InChI is InChI=1S/C22H27N3O3/c1-17-8-7-9-18(16-17)28-20-11-4-3-10-19(20)24-22(27)23-13-12-21(26)25-14-5-2-6-15-25/h3-4,7-11,16H,2,5-6,12-15H2,1H3,(H2,23,24,27). The van der Waals surface area contributed by atoms with Crippen molar-refractivity contribution < 1.29 is 14.3 Å². The molecule has 3 rings (SSSR count). The fraction of sp³-hybridized carbons (Fsp3) is 0.364. The second-order valence-electron chi connectivity index (χ2n) is 6.99. The molecular formula is C22H27N3O3. The van der Waals surface area contributed by atoms with Crippen molar-refractivity contribution in [3.05, 3.63) is 54.1 Å². The van der Waals surface area contributed by atoms with Crippen molar-refractivity contribution in [2.75, 3.05) is 25.0 Å². The fourth-order valence-electron chi connectivity index (χ4n) is 3.22. The minimum Gasteiger partial charge on any atom is -0.455 e. The molecule has 1 fully saturated rings. The number of benzene rings is 2. The van der Waals surface area contributed by atoms with Crippen molar-refractivity contribution in [2.45, 2.75) is 32.6 Å². The van der Waals surface area contributed by atoms with Crippen LogP contribution >= 0.6 is 0 Å². The highest BCUT2D eigenvalue weighted by Gasteiger charge is 2.16. The molecule has 0 aromatic heterocycles. The normalized spacial score (nSPS) is 13.7. The monoisotopic (exact) mass is 381 g/mol. The highest BCUT2D eigenvalue weighted by atomic mass is 16.5. The van der Waals surface area contributed by atoms with E-state index in [1.165, 1.54) is 6.42 Å². The lowest BCUT2D eigenvalue weighted by Crippen LogP contribution is -2.38. The zero-order valence-electron chi connectivity index (χ0n) is 16.2. The number of aryl methyl sites for hydroxylation is 1. The number of carbonyl (C=O) groups is 2. The molecule has 1 heterocycles. The molecule has 3 amide bonds. The van der Waals surface area contributed by atoms with E-state index in [1.54, 1.807) is 12.1 Å². The molecule has 0 aliphatic carbocycles. The zero-order valence-corrected chi connectivity index (χ0v) is 16.2. The number of rotatable bonds is 6. The van der Waals surface area contributed by atoms with Gasteiger partial charge >= 0.3 is 6.03 Å². The Morgan fingerprint density at radius 2 is 1.82 bits per heavy atom. The topological polar surface area (TPSA) is 70.7 Å². The summed E-state index contributed by atoms with van der Waals surface area (Å²) >= 11 is 0. The molecule has 28 heavy (non-hydrogen) atoms. The largest absolute Gasteiger partial charge is 0.455 e. The summed E-state index contributed by atoms with van der Waals surface area (Å²) in [6.45, 7) is 3.96. The van der Waals surface area contributed by atoms with Gasteiger partial charge in [0.2, 0.25) is 5.91 Å². The first-order chi connectivity index (χ1) is 13.6. The summed E-state index contributed by atoms with van der Waals surface area (Å²) in [6.07, 6.45) is 3.64. The number of anilines is 1. The summed E-state index contributed by atoms with van der Waals surface area (Å²) in [5, 5.41) is 5.55. The SMILES string of the molecule is Cc1cccc(Oc2ccccc2NC(=O)NCCC(=O)N2CCCCC2)c1. The number of amides is 3. The van der Waals surface area contributed by atoms with Crippen molar-refractivity contribution in [1.82, 2.24) is 10.2 Å². The lowest BCUT2D eigenvalue weighted by Gasteiger charge is -2.26. The van der Waals surface area contributed by atoms with Crippen LogP contribution in [0.15, 0.2) is 48.5 Å². The number of carbonyl (C=O) groups excluding carboxylic acids is 2. The lowest BCUT2D eigenvalue weighted by atomic mass is 10.1. The number of likely N-dealkylation sites (tertiary alicyclic amines) is 1. The van der Waals surface area contributed by atoms with Crippen molar-refractivity contribution in [3.63, 3.8) is 0 Å². The van der Waals surface area contributed by atoms with Crippen LogP contribution in [-0.2, 0) is 4.79 Å². The van der Waals surface area contributed by atoms with Crippen LogP contribution in [0.5, 0.6) is 11.5 Å². The van der Waals surface area contributed by atoms with Gasteiger partial charge in [-0.1, -0.05) is 24.3 Å². The summed E-state index contributed by atoms with van der Waals surface area (Å²) in [5.74, 6) is 1.37. The third-order valence-corrected chi connectivity index (χ3v) is 4.69. The highest BCUT2D eigenvalue weighted by molar-refractivity contribution is 5.91. The number of nitrogens with zero attached hydrogens (tertiary/aromatic N) is 1. The van der Waals surface area contributed by atoms with Gasteiger partial charge in [-0.2, -0.15) is 0 Å². The summed E-state index contributed by atoms with van der Waals surface area (Å²) in [6, 6.07) is 14.6. The van der Waals surface area contributed by atoms with Gasteiger partial charge < -0.3 is 20.3 Å². The molecule has 0 saturated carbocycles. The number of ether oxygens (including phenoxy) is 1. The molecule has 0 atom stereocenters. The maximum Gasteiger partial charge on any atom is 0.319 e. The molecule has 148 valence electrons. The van der Waals surface area contributed by atoms with Gasteiger partial charge in [-0.15, -0.1) is 0 Å². The van der Waals surface area contributed by atoms with E-state index in [9.17, 15) is 9.59 Å². The van der Waals surface area contributed by atoms with E-state index in [0.29, 0.717) is 30.2 Å². The van der Waals surface area contributed by atoms with Crippen LogP contribution < -0.4 is 15.4 Å². The number of nitrogens with one attached hydrogen (secondary N) is 2. The van der Waals surface area contributed by atoms with Crippen molar-refractivity contribution >= 4 is 17.6 Å². The molecule has 2 aromatic rings. The summed E-state index contributed by atoms with van der Waals surface area (Å²) in [5.41, 5.74) is 1.67. The van der Waals surface area contributed by atoms with E-state index in [4.69, 9.17) is 4.74 Å². The van der Waals surface area contributed by atoms with Crippen molar-refractivity contribution in [3.8, 4) is 11.5 Å². The van der Waals surface area contributed by atoms with Gasteiger partial charge in [0, 0.05) is 26.1 Å². The Morgan fingerprint density at radius 3 is 2.61 bits per heavy atom. The molecule has 2 N–H and O–H groups in total. The number of urea groups is 1. The first kappa shape index (κ1) is 19.7. The van der Waals surface area contributed by atoms with Gasteiger partial charge in [-0.3, -0.25) is 4.79 Å². The maximum atomic E-state index is 12.2. The van der Waals surface area contributed by atoms with Crippen LogP contribution in [-0.4, -0.2) is 36.5 Å². The fourth-order valence-corrected chi connectivity index (χ4v) is 3.22. The molecule has 0 spiro atoms. The molecule has 1 aliphatic rings. The Balaban J connectivity index is 1.50. The van der Waals surface area contributed by atoms with Gasteiger partial charge in [-0.05, 0) is 56.0 Å². The van der Waals surface area contributed by atoms with Crippen LogP contribution in [0, 0.1) is 6.92 Å². The van der Waals surface area contributed by atoms with Crippen LogP contribution in [0.4, 0.5) is 10.5 Å². The molecule has 1 saturated heterocycles. The predicted octanol–water partition coefficient (Wildman–Crippen LogP) is 4.31. The van der Waals surface area contributed by atoms with Gasteiger partial charge in [0.25, 0.3) is 0 Å². The molecule has 0 unspecified atom stereocenters. The Hall–Kier alpha value is -3.02. The molecule has 1 aliphatic heterocycles. The van der Waals surface area contributed by atoms with Crippen molar-refractivity contribution in [1.29, 1.82) is 0 Å². The molecule has 2 aromatic carbocycles. The minimum absolute atomic E-state index is 0.100. The molecule has 6 nitrogen and oxygen atoms in total. The first-order valence-corrected chi connectivity index (χ1v) is 9.78. The Kier molecular flexibility index (Phi) is 6.89. The molecule has 0 radical (unpaired) electrons. The van der Waals surface area contributed by atoms with E-state index < -0.39 is 0 Å². The minimum atomic E-state index is -0.355. The van der Waals surface area contributed by atoms with Crippen molar-refractivity contribution in [2.24, 2.45) is 0 Å². The third kappa shape index (κ3) is 5.74. The number of hydrogen-bond donors (Lipinski definition) is 2. The van der Waals surface area contributed by atoms with Gasteiger partial charge in [-0.25, -0.2) is 4.79 Å². The quantitative estimate of drug-likeness (QED) is 0.783. The summed E-state index contributed by atoms with van der Waals surface area (Å²) in [7, 11) is 0. The van der Waals surface area contributed by atoms with E-state index in [2.05, 4.69) is 10.6 Å². The van der Waals surface area contributed by atoms with E-state index >= 15 is 0 Å². The smallest absolute Gasteiger partial charge is 0.319 e. The molecular weight excluding hydrogens is 354 g/mol. The second kappa shape index (κ2) is 9.78. The Morgan fingerprint density at radius 1 is 1.04 bits per heavy atom. The highest BCUT2D eigenvalue weighted by Crippen LogP contribution is 2.29. The van der Waals surface area contributed by atoms with Crippen LogP contribution in [0.25, 0.3) is 0 Å². The predicted molar refractivity (Wildman–Crippen MR) is 110 cm³/mol.